The molecule has 2 heterocycles. The molecule has 0 bridgehead atoms. The first kappa shape index (κ1) is 11.4. The number of nitrogens with zero attached hydrogens (tertiary/aromatic N) is 1. The zero-order chi connectivity index (χ0) is 12.7. The van der Waals surface area contributed by atoms with Gasteiger partial charge in [0, 0.05) is 6.42 Å². The van der Waals surface area contributed by atoms with Crippen LogP contribution in [-0.2, 0) is 6.42 Å². The molecule has 3 rings (SSSR count). The van der Waals surface area contributed by atoms with Crippen LogP contribution in [0.2, 0.25) is 0 Å². The third kappa shape index (κ3) is 1.73. The van der Waals surface area contributed by atoms with Crippen LogP contribution >= 0.6 is 11.3 Å². The number of hydrogen-bond donors (Lipinski definition) is 0. The number of aromatic nitrogens is 1. The van der Waals surface area contributed by atoms with Gasteiger partial charge in [0.15, 0.2) is 0 Å². The Morgan fingerprint density at radius 1 is 1.39 bits per heavy atom. The molecule has 1 aliphatic heterocycles. The fourth-order valence-electron chi connectivity index (χ4n) is 2.26. The molecular weight excluding hydrogens is 246 g/mol. The second-order valence-corrected chi connectivity index (χ2v) is 5.57. The summed E-state index contributed by atoms with van der Waals surface area (Å²) in [5.74, 6) is 0.782. The smallest absolute Gasteiger partial charge is 0.208 e. The molecule has 0 aliphatic carbocycles. The van der Waals surface area contributed by atoms with E-state index in [1.165, 1.54) is 11.3 Å². The highest BCUT2D eigenvalue weighted by Crippen LogP contribution is 2.32. The first-order chi connectivity index (χ1) is 8.66. The van der Waals surface area contributed by atoms with Gasteiger partial charge < -0.3 is 4.74 Å². The summed E-state index contributed by atoms with van der Waals surface area (Å²) < 4.78 is 5.58. The van der Waals surface area contributed by atoms with Crippen LogP contribution in [0.5, 0.6) is 5.75 Å². The van der Waals surface area contributed by atoms with Crippen molar-refractivity contribution in [2.45, 2.75) is 20.3 Å². The number of ketones is 1. The molecule has 0 radical (unpaired) electrons. The fraction of sp³-hybridized carbons (Fsp3) is 0.286. The van der Waals surface area contributed by atoms with Crippen molar-refractivity contribution in [3.8, 4) is 5.75 Å². The van der Waals surface area contributed by atoms with E-state index in [-0.39, 0.29) is 5.78 Å². The monoisotopic (exact) mass is 259 g/mol. The maximum absolute atomic E-state index is 12.5. The summed E-state index contributed by atoms with van der Waals surface area (Å²) in [4.78, 5) is 17.6. The van der Waals surface area contributed by atoms with E-state index < -0.39 is 0 Å². The van der Waals surface area contributed by atoms with E-state index in [4.69, 9.17) is 4.74 Å². The highest BCUT2D eigenvalue weighted by atomic mass is 32.1. The van der Waals surface area contributed by atoms with E-state index in [1.807, 2.05) is 32.0 Å². The molecule has 0 amide bonds. The Hall–Kier alpha value is -1.68. The molecule has 3 nitrogen and oxygen atoms in total. The van der Waals surface area contributed by atoms with Crippen molar-refractivity contribution in [2.24, 2.45) is 0 Å². The number of hydrogen-bond acceptors (Lipinski definition) is 4. The van der Waals surface area contributed by atoms with Crippen LogP contribution in [0.25, 0.3) is 0 Å². The quantitative estimate of drug-likeness (QED) is 0.778. The third-order valence-corrected chi connectivity index (χ3v) is 4.14. The zero-order valence-corrected chi connectivity index (χ0v) is 11.1. The number of carbonyl (C=O) groups is 1. The summed E-state index contributed by atoms with van der Waals surface area (Å²) in [5, 5.41) is 0.921. The van der Waals surface area contributed by atoms with Crippen molar-refractivity contribution in [3.63, 3.8) is 0 Å². The van der Waals surface area contributed by atoms with Crippen molar-refractivity contribution in [1.82, 2.24) is 4.98 Å². The molecule has 0 saturated heterocycles. The Balaban J connectivity index is 2.08. The number of ether oxygens (including phenoxy) is 1. The Kier molecular flexibility index (Phi) is 2.67. The molecule has 2 aromatic rings. The van der Waals surface area contributed by atoms with E-state index in [1.54, 1.807) is 0 Å². The predicted molar refractivity (Wildman–Crippen MR) is 70.7 cm³/mol. The van der Waals surface area contributed by atoms with Crippen molar-refractivity contribution in [3.05, 3.63) is 44.9 Å². The van der Waals surface area contributed by atoms with Gasteiger partial charge in [-0.15, -0.1) is 11.3 Å². The van der Waals surface area contributed by atoms with Crippen molar-refractivity contribution in [1.29, 1.82) is 0 Å². The van der Waals surface area contributed by atoms with Gasteiger partial charge in [-0.1, -0.05) is 12.1 Å². The molecule has 92 valence electrons. The minimum absolute atomic E-state index is 0.0249. The summed E-state index contributed by atoms with van der Waals surface area (Å²) >= 11 is 1.45. The fourth-order valence-corrected chi connectivity index (χ4v) is 3.13. The van der Waals surface area contributed by atoms with Crippen molar-refractivity contribution < 1.29 is 9.53 Å². The number of para-hydroxylation sites is 1. The molecule has 0 saturated carbocycles. The molecular formula is C14H13NO2S. The van der Waals surface area contributed by atoms with Crippen LogP contribution in [0, 0.1) is 13.8 Å². The lowest BCUT2D eigenvalue weighted by Gasteiger charge is -2.05. The van der Waals surface area contributed by atoms with E-state index in [9.17, 15) is 4.79 Å². The summed E-state index contributed by atoms with van der Waals surface area (Å²) in [6.45, 7) is 4.46. The third-order valence-electron chi connectivity index (χ3n) is 3.07. The second-order valence-electron chi connectivity index (χ2n) is 4.37. The zero-order valence-electron chi connectivity index (χ0n) is 10.3. The van der Waals surface area contributed by atoms with Gasteiger partial charge in [-0.25, -0.2) is 4.98 Å². The van der Waals surface area contributed by atoms with Gasteiger partial charge in [0.1, 0.15) is 5.75 Å². The molecule has 0 spiro atoms. The molecule has 1 aromatic carbocycles. The van der Waals surface area contributed by atoms with Crippen LogP contribution in [0.15, 0.2) is 18.2 Å². The van der Waals surface area contributed by atoms with E-state index in [0.717, 1.165) is 33.3 Å². The van der Waals surface area contributed by atoms with Crippen molar-refractivity contribution in [2.75, 3.05) is 6.61 Å². The molecule has 0 unspecified atom stereocenters. The Morgan fingerprint density at radius 3 is 2.94 bits per heavy atom. The molecule has 1 aromatic heterocycles. The van der Waals surface area contributed by atoms with Gasteiger partial charge in [-0.3, -0.25) is 4.79 Å². The van der Waals surface area contributed by atoms with Gasteiger partial charge in [0.25, 0.3) is 0 Å². The summed E-state index contributed by atoms with van der Waals surface area (Å²) in [6, 6.07) is 5.77. The topological polar surface area (TPSA) is 39.2 Å². The number of carbonyl (C=O) groups excluding carboxylic acids is 1. The SMILES string of the molecule is Cc1nc(C)c(C(=O)c2cccc3c2OCC3)s1. The molecule has 4 heteroatoms. The molecule has 0 atom stereocenters. The summed E-state index contributed by atoms with van der Waals surface area (Å²) in [6.07, 6.45) is 0.886. The molecule has 18 heavy (non-hydrogen) atoms. The number of fused-ring (bicyclic) bond motifs is 1. The standard InChI is InChI=1S/C14H13NO2S/c1-8-14(18-9(2)15-8)12(16)11-5-3-4-10-6-7-17-13(10)11/h3-5H,6-7H2,1-2H3. The maximum Gasteiger partial charge on any atom is 0.208 e. The van der Waals surface area contributed by atoms with E-state index in [0.29, 0.717) is 12.2 Å². The second kappa shape index (κ2) is 4.21. The van der Waals surface area contributed by atoms with Gasteiger partial charge in [0.05, 0.1) is 27.7 Å². The van der Waals surface area contributed by atoms with Crippen LogP contribution in [0.4, 0.5) is 0 Å². The van der Waals surface area contributed by atoms with E-state index >= 15 is 0 Å². The number of thiazole rings is 1. The summed E-state index contributed by atoms with van der Waals surface area (Å²) in [5.41, 5.74) is 2.59. The summed E-state index contributed by atoms with van der Waals surface area (Å²) in [7, 11) is 0. The molecule has 1 aliphatic rings. The van der Waals surface area contributed by atoms with Crippen molar-refractivity contribution >= 4 is 17.1 Å². The van der Waals surface area contributed by atoms with Crippen LogP contribution in [-0.4, -0.2) is 17.4 Å². The molecule has 0 fully saturated rings. The number of benzene rings is 1. The van der Waals surface area contributed by atoms with Gasteiger partial charge >= 0.3 is 0 Å². The Morgan fingerprint density at radius 2 is 2.22 bits per heavy atom. The lowest BCUT2D eigenvalue weighted by atomic mass is 10.0. The van der Waals surface area contributed by atoms with Gasteiger partial charge in [-0.05, 0) is 25.5 Å². The highest BCUT2D eigenvalue weighted by molar-refractivity contribution is 7.14. The molecule has 0 N–H and O–H groups in total. The average Bonchev–Trinajstić information content (AvgIpc) is 2.94. The first-order valence-corrected chi connectivity index (χ1v) is 6.72. The predicted octanol–water partition coefficient (Wildman–Crippen LogP) is 2.93. The Bertz CT molecular complexity index is 631. The largest absolute Gasteiger partial charge is 0.492 e. The minimum Gasteiger partial charge on any atom is -0.492 e. The number of aryl methyl sites for hydroxylation is 2. The lowest BCUT2D eigenvalue weighted by molar-refractivity contribution is 0.103. The van der Waals surface area contributed by atoms with Crippen LogP contribution in [0.1, 0.15) is 31.5 Å². The van der Waals surface area contributed by atoms with Gasteiger partial charge in [0.2, 0.25) is 5.78 Å². The minimum atomic E-state index is 0.0249. The van der Waals surface area contributed by atoms with Crippen LogP contribution < -0.4 is 4.74 Å². The van der Waals surface area contributed by atoms with Gasteiger partial charge in [-0.2, -0.15) is 0 Å². The average molecular weight is 259 g/mol. The normalized spacial score (nSPS) is 13.2. The maximum atomic E-state index is 12.5. The lowest BCUT2D eigenvalue weighted by Crippen LogP contribution is -2.03. The van der Waals surface area contributed by atoms with E-state index in [2.05, 4.69) is 4.98 Å². The Labute approximate surface area is 109 Å². The van der Waals surface area contributed by atoms with Crippen LogP contribution in [0.3, 0.4) is 0 Å². The first-order valence-electron chi connectivity index (χ1n) is 5.90. The highest BCUT2D eigenvalue weighted by Gasteiger charge is 2.23. The number of rotatable bonds is 2.